The fourth-order valence-corrected chi connectivity index (χ4v) is 4.00. The van der Waals surface area contributed by atoms with E-state index in [2.05, 4.69) is 51.3 Å². The van der Waals surface area contributed by atoms with Gasteiger partial charge in [0.15, 0.2) is 0 Å². The molecule has 0 aliphatic heterocycles. The molecule has 100 valence electrons. The van der Waals surface area contributed by atoms with Crippen LogP contribution in [0.25, 0.3) is 0 Å². The molecule has 0 amide bonds. The largest absolute Gasteiger partial charge is 0.316 e. The maximum absolute atomic E-state index is 3.44. The fraction of sp³-hybridized carbons (Fsp3) is 0.625. The molecule has 1 aliphatic rings. The smallest absolute Gasteiger partial charge is 0.0207 e. The lowest BCUT2D eigenvalue weighted by molar-refractivity contribution is 0.305. The van der Waals surface area contributed by atoms with Gasteiger partial charge < -0.3 is 5.32 Å². The summed E-state index contributed by atoms with van der Waals surface area (Å²) in [4.78, 5) is 1.43. The monoisotopic (exact) mass is 263 g/mol. The average Bonchev–Trinajstić information content (AvgIpc) is 2.75. The van der Waals surface area contributed by atoms with E-state index in [9.17, 15) is 0 Å². The van der Waals surface area contributed by atoms with Crippen molar-refractivity contribution >= 4 is 11.8 Å². The van der Waals surface area contributed by atoms with Crippen LogP contribution in [0.4, 0.5) is 0 Å². The van der Waals surface area contributed by atoms with Crippen LogP contribution in [0.2, 0.25) is 0 Å². The summed E-state index contributed by atoms with van der Waals surface area (Å²) in [6, 6.07) is 7.58. The number of hydrogen-bond donors (Lipinski definition) is 1. The highest BCUT2D eigenvalue weighted by molar-refractivity contribution is 7.99. The van der Waals surface area contributed by atoms with Crippen molar-refractivity contribution in [1.29, 1.82) is 0 Å². The van der Waals surface area contributed by atoms with E-state index in [0.717, 1.165) is 5.75 Å². The van der Waals surface area contributed by atoms with E-state index in [1.807, 2.05) is 11.8 Å². The molecule has 1 aromatic carbocycles. The van der Waals surface area contributed by atoms with Crippen molar-refractivity contribution in [3.63, 3.8) is 0 Å². The molecule has 1 unspecified atom stereocenters. The number of fused-ring (bicyclic) bond motifs is 1. The molecule has 1 nitrogen and oxygen atoms in total. The second-order valence-corrected chi connectivity index (χ2v) is 7.40. The molecule has 18 heavy (non-hydrogen) atoms. The predicted molar refractivity (Wildman–Crippen MR) is 81.5 cm³/mol. The normalized spacial score (nSPS) is 16.7. The highest BCUT2D eigenvalue weighted by Crippen LogP contribution is 2.30. The van der Waals surface area contributed by atoms with Gasteiger partial charge in [-0.25, -0.2) is 0 Å². The first kappa shape index (κ1) is 14.0. The highest BCUT2D eigenvalue weighted by Gasteiger charge is 2.23. The maximum atomic E-state index is 3.44. The van der Waals surface area contributed by atoms with E-state index < -0.39 is 0 Å². The summed E-state index contributed by atoms with van der Waals surface area (Å²) in [5, 5.41) is 3.44. The topological polar surface area (TPSA) is 12.0 Å². The van der Waals surface area contributed by atoms with Gasteiger partial charge in [-0.2, -0.15) is 0 Å². The van der Waals surface area contributed by atoms with Crippen LogP contribution in [0.3, 0.4) is 0 Å². The van der Waals surface area contributed by atoms with E-state index in [0.29, 0.717) is 11.5 Å². The van der Waals surface area contributed by atoms with E-state index in [-0.39, 0.29) is 0 Å². The van der Waals surface area contributed by atoms with Crippen LogP contribution in [0, 0.1) is 5.41 Å². The number of hydrogen-bond acceptors (Lipinski definition) is 2. The fourth-order valence-electron chi connectivity index (χ4n) is 2.58. The van der Waals surface area contributed by atoms with Gasteiger partial charge in [0.1, 0.15) is 0 Å². The molecule has 2 heteroatoms. The lowest BCUT2D eigenvalue weighted by atomic mass is 9.88. The van der Waals surface area contributed by atoms with Crippen molar-refractivity contribution in [2.45, 2.75) is 51.0 Å². The van der Waals surface area contributed by atoms with Crippen LogP contribution in [0.5, 0.6) is 0 Å². The Bertz CT molecular complexity index is 406. The molecule has 0 heterocycles. The molecule has 0 saturated carbocycles. The summed E-state index contributed by atoms with van der Waals surface area (Å²) < 4.78 is 0. The van der Waals surface area contributed by atoms with Gasteiger partial charge in [0.05, 0.1) is 0 Å². The zero-order chi connectivity index (χ0) is 13.2. The third-order valence-electron chi connectivity index (χ3n) is 3.88. The Balaban J connectivity index is 1.98. The Labute approximate surface area is 116 Å². The van der Waals surface area contributed by atoms with Gasteiger partial charge in [-0.1, -0.05) is 26.8 Å². The second kappa shape index (κ2) is 5.66. The molecule has 1 aromatic rings. The summed E-state index contributed by atoms with van der Waals surface area (Å²) in [5.74, 6) is 1.14. The molecular weight excluding hydrogens is 238 g/mol. The van der Waals surface area contributed by atoms with Gasteiger partial charge >= 0.3 is 0 Å². The first-order valence-electron chi connectivity index (χ1n) is 6.92. The van der Waals surface area contributed by atoms with Gasteiger partial charge in [-0.3, -0.25) is 0 Å². The summed E-state index contributed by atoms with van der Waals surface area (Å²) in [6.07, 6.45) is 3.89. The van der Waals surface area contributed by atoms with Gasteiger partial charge in [-0.15, -0.1) is 11.8 Å². The number of rotatable bonds is 4. The predicted octanol–water partition coefficient (Wildman–Crippen LogP) is 3.90. The zero-order valence-corrected chi connectivity index (χ0v) is 12.9. The summed E-state index contributed by atoms with van der Waals surface area (Å²) in [7, 11) is 2.07. The molecule has 1 aliphatic carbocycles. The Morgan fingerprint density at radius 2 is 1.94 bits per heavy atom. The Hall–Kier alpha value is -0.470. The minimum atomic E-state index is 0.318. The van der Waals surface area contributed by atoms with Crippen molar-refractivity contribution < 1.29 is 0 Å². The lowest BCUT2D eigenvalue weighted by Crippen LogP contribution is -2.40. The van der Waals surface area contributed by atoms with Crippen LogP contribution in [-0.4, -0.2) is 18.8 Å². The molecule has 0 spiro atoms. The SMILES string of the molecule is CNC(CSc1ccc2c(c1)CCC2)C(C)(C)C. The number of aryl methyl sites for hydroxylation is 2. The zero-order valence-electron chi connectivity index (χ0n) is 12.0. The Kier molecular flexibility index (Phi) is 4.39. The minimum absolute atomic E-state index is 0.318. The highest BCUT2D eigenvalue weighted by atomic mass is 32.2. The molecule has 0 saturated heterocycles. The first-order valence-corrected chi connectivity index (χ1v) is 7.91. The molecule has 0 radical (unpaired) electrons. The number of thioether (sulfide) groups is 1. The van der Waals surface area contributed by atoms with Crippen molar-refractivity contribution in [3.05, 3.63) is 29.3 Å². The van der Waals surface area contributed by atoms with Gasteiger partial charge in [0.2, 0.25) is 0 Å². The van der Waals surface area contributed by atoms with E-state index >= 15 is 0 Å². The minimum Gasteiger partial charge on any atom is -0.316 e. The van der Waals surface area contributed by atoms with E-state index in [1.54, 1.807) is 11.1 Å². The quantitative estimate of drug-likeness (QED) is 0.827. The number of nitrogens with one attached hydrogen (secondary N) is 1. The van der Waals surface area contributed by atoms with Gasteiger partial charge in [0, 0.05) is 16.7 Å². The molecule has 1 N–H and O–H groups in total. The third kappa shape index (κ3) is 3.30. The van der Waals surface area contributed by atoms with Crippen molar-refractivity contribution in [1.82, 2.24) is 5.32 Å². The Morgan fingerprint density at radius 3 is 2.61 bits per heavy atom. The Morgan fingerprint density at radius 1 is 1.22 bits per heavy atom. The average molecular weight is 263 g/mol. The number of benzene rings is 1. The summed E-state index contributed by atoms with van der Waals surface area (Å²) >= 11 is 1.98. The van der Waals surface area contributed by atoms with E-state index in [1.165, 1.54) is 24.2 Å². The van der Waals surface area contributed by atoms with Gasteiger partial charge in [-0.05, 0) is 55.0 Å². The molecule has 1 atom stereocenters. The lowest BCUT2D eigenvalue weighted by Gasteiger charge is -2.30. The van der Waals surface area contributed by atoms with Crippen LogP contribution < -0.4 is 5.32 Å². The van der Waals surface area contributed by atoms with Crippen molar-refractivity contribution in [3.8, 4) is 0 Å². The molecule has 0 aromatic heterocycles. The van der Waals surface area contributed by atoms with Gasteiger partial charge in [0.25, 0.3) is 0 Å². The molecular formula is C16H25NS. The second-order valence-electron chi connectivity index (χ2n) is 6.30. The third-order valence-corrected chi connectivity index (χ3v) is 4.97. The van der Waals surface area contributed by atoms with Crippen molar-refractivity contribution in [2.24, 2.45) is 5.41 Å². The van der Waals surface area contributed by atoms with Crippen LogP contribution in [-0.2, 0) is 12.8 Å². The summed E-state index contributed by atoms with van der Waals surface area (Å²) in [6.45, 7) is 6.91. The molecule has 2 rings (SSSR count). The molecule has 0 fully saturated rings. The van der Waals surface area contributed by atoms with Crippen LogP contribution in [0.1, 0.15) is 38.3 Å². The molecule has 0 bridgehead atoms. The standard InChI is InChI=1S/C16H25NS/c1-16(2,3)15(17-4)11-18-14-9-8-12-6-5-7-13(12)10-14/h8-10,15,17H,5-7,11H2,1-4H3. The van der Waals surface area contributed by atoms with Crippen LogP contribution in [0.15, 0.2) is 23.1 Å². The maximum Gasteiger partial charge on any atom is 0.0207 e. The summed E-state index contributed by atoms with van der Waals surface area (Å²) in [5.41, 5.74) is 3.47. The van der Waals surface area contributed by atoms with Crippen molar-refractivity contribution in [2.75, 3.05) is 12.8 Å². The first-order chi connectivity index (χ1) is 8.50. The van der Waals surface area contributed by atoms with E-state index in [4.69, 9.17) is 0 Å². The van der Waals surface area contributed by atoms with Crippen LogP contribution >= 0.6 is 11.8 Å².